The third-order valence-electron chi connectivity index (χ3n) is 3.45. The van der Waals surface area contributed by atoms with Gasteiger partial charge in [0.05, 0.1) is 16.6 Å². The standard InChI is InChI=1S/C17H14FN5O3/c1-9(24)19-14-7-6-10(8-12(14)18)15(25)22-23-17-20-13-5-3-2-4-11(13)16(26)21-17/h2-8H,1H3,(H,19,24)(H,22,25)(H2,20,21,23,26). The monoisotopic (exact) mass is 355 g/mol. The molecule has 2 aromatic carbocycles. The van der Waals surface area contributed by atoms with Crippen molar-refractivity contribution in [3.63, 3.8) is 0 Å². The molecule has 1 heterocycles. The summed E-state index contributed by atoms with van der Waals surface area (Å²) in [5.41, 5.74) is 4.89. The van der Waals surface area contributed by atoms with E-state index in [9.17, 15) is 18.8 Å². The van der Waals surface area contributed by atoms with E-state index in [-0.39, 0.29) is 22.8 Å². The Labute approximate surface area is 146 Å². The maximum Gasteiger partial charge on any atom is 0.269 e. The molecule has 2 amide bonds. The highest BCUT2D eigenvalue weighted by atomic mass is 19.1. The van der Waals surface area contributed by atoms with Gasteiger partial charge in [0.1, 0.15) is 5.82 Å². The summed E-state index contributed by atoms with van der Waals surface area (Å²) in [7, 11) is 0. The van der Waals surface area contributed by atoms with Gasteiger partial charge in [-0.1, -0.05) is 12.1 Å². The van der Waals surface area contributed by atoms with E-state index >= 15 is 0 Å². The molecule has 26 heavy (non-hydrogen) atoms. The van der Waals surface area contributed by atoms with E-state index in [1.807, 2.05) is 0 Å². The number of hydrogen-bond donors (Lipinski definition) is 4. The van der Waals surface area contributed by atoms with E-state index in [0.29, 0.717) is 10.9 Å². The maximum absolute atomic E-state index is 13.9. The number of anilines is 2. The zero-order chi connectivity index (χ0) is 18.7. The van der Waals surface area contributed by atoms with Gasteiger partial charge in [0.15, 0.2) is 0 Å². The van der Waals surface area contributed by atoms with E-state index in [0.717, 1.165) is 6.07 Å². The highest BCUT2D eigenvalue weighted by molar-refractivity contribution is 5.96. The quantitative estimate of drug-likeness (QED) is 0.533. The minimum absolute atomic E-state index is 0.0206. The molecule has 3 aromatic rings. The zero-order valence-corrected chi connectivity index (χ0v) is 13.6. The summed E-state index contributed by atoms with van der Waals surface area (Å²) < 4.78 is 13.9. The van der Waals surface area contributed by atoms with Gasteiger partial charge in [-0.15, -0.1) is 0 Å². The second-order valence-corrected chi connectivity index (χ2v) is 5.39. The lowest BCUT2D eigenvalue weighted by molar-refractivity contribution is -0.114. The van der Waals surface area contributed by atoms with E-state index in [2.05, 4.69) is 26.1 Å². The highest BCUT2D eigenvalue weighted by Crippen LogP contribution is 2.15. The molecule has 0 aliphatic carbocycles. The molecule has 0 saturated carbocycles. The van der Waals surface area contributed by atoms with Crippen LogP contribution in [0.2, 0.25) is 0 Å². The Bertz CT molecular complexity index is 1060. The molecule has 0 saturated heterocycles. The summed E-state index contributed by atoms with van der Waals surface area (Å²) in [6.45, 7) is 1.25. The third-order valence-corrected chi connectivity index (χ3v) is 3.45. The molecule has 0 unspecified atom stereocenters. The van der Waals surface area contributed by atoms with E-state index in [1.54, 1.807) is 24.3 Å². The molecule has 132 valence electrons. The van der Waals surface area contributed by atoms with Crippen molar-refractivity contribution in [1.29, 1.82) is 0 Å². The third kappa shape index (κ3) is 3.66. The number of rotatable bonds is 4. The average Bonchev–Trinajstić information content (AvgIpc) is 2.61. The number of hydrogen-bond acceptors (Lipinski definition) is 5. The van der Waals surface area contributed by atoms with Gasteiger partial charge in [0.2, 0.25) is 11.9 Å². The van der Waals surface area contributed by atoms with Crippen molar-refractivity contribution >= 4 is 34.4 Å². The van der Waals surface area contributed by atoms with Crippen molar-refractivity contribution in [2.45, 2.75) is 6.92 Å². The van der Waals surface area contributed by atoms with Gasteiger partial charge in [-0.2, -0.15) is 0 Å². The SMILES string of the molecule is CC(=O)Nc1ccc(C(=O)NNc2nc3ccccc3c(=O)[nH]2)cc1F. The number of fused-ring (bicyclic) bond motifs is 1. The van der Waals surface area contributed by atoms with Crippen LogP contribution in [0, 0.1) is 5.82 Å². The topological polar surface area (TPSA) is 116 Å². The van der Waals surface area contributed by atoms with E-state index < -0.39 is 17.6 Å². The van der Waals surface area contributed by atoms with Crippen LogP contribution in [0.4, 0.5) is 16.0 Å². The van der Waals surface area contributed by atoms with Crippen LogP contribution in [0.5, 0.6) is 0 Å². The van der Waals surface area contributed by atoms with Gasteiger partial charge in [-0.05, 0) is 30.3 Å². The van der Waals surface area contributed by atoms with Gasteiger partial charge in [0.25, 0.3) is 11.5 Å². The molecule has 1 aromatic heterocycles. The van der Waals surface area contributed by atoms with Gasteiger partial charge in [0, 0.05) is 12.5 Å². The van der Waals surface area contributed by atoms with Crippen molar-refractivity contribution in [2.24, 2.45) is 0 Å². The molecule has 3 rings (SSSR count). The largest absolute Gasteiger partial charge is 0.324 e. The Hall–Kier alpha value is -3.75. The maximum atomic E-state index is 13.9. The van der Waals surface area contributed by atoms with E-state index in [1.165, 1.54) is 19.1 Å². The number of hydrazine groups is 1. The molecule has 4 N–H and O–H groups in total. The first-order valence-electron chi connectivity index (χ1n) is 7.56. The molecule has 8 nitrogen and oxygen atoms in total. The summed E-state index contributed by atoms with van der Waals surface area (Å²) in [6.07, 6.45) is 0. The number of aromatic nitrogens is 2. The molecule has 0 aliphatic heterocycles. The molecule has 0 aliphatic rings. The Morgan fingerprint density at radius 1 is 1.15 bits per heavy atom. The summed E-state index contributed by atoms with van der Waals surface area (Å²) in [6, 6.07) is 10.4. The van der Waals surface area contributed by atoms with Gasteiger partial charge < -0.3 is 5.32 Å². The van der Waals surface area contributed by atoms with Crippen LogP contribution >= 0.6 is 0 Å². The minimum Gasteiger partial charge on any atom is -0.324 e. The summed E-state index contributed by atoms with van der Waals surface area (Å²) >= 11 is 0. The van der Waals surface area contributed by atoms with Crippen LogP contribution in [0.1, 0.15) is 17.3 Å². The van der Waals surface area contributed by atoms with Crippen molar-refractivity contribution in [3.05, 3.63) is 64.2 Å². The molecule has 0 bridgehead atoms. The number of nitrogens with zero attached hydrogens (tertiary/aromatic N) is 1. The fraction of sp³-hybridized carbons (Fsp3) is 0.0588. The van der Waals surface area contributed by atoms with Crippen LogP contribution in [0.3, 0.4) is 0 Å². The highest BCUT2D eigenvalue weighted by Gasteiger charge is 2.11. The predicted octanol–water partition coefficient (Wildman–Crippen LogP) is 1.78. The number of carbonyl (C=O) groups excluding carboxylic acids is 2. The number of benzene rings is 2. The van der Waals surface area contributed by atoms with Crippen LogP contribution < -0.4 is 21.7 Å². The zero-order valence-electron chi connectivity index (χ0n) is 13.6. The lowest BCUT2D eigenvalue weighted by Crippen LogP contribution is -2.31. The summed E-state index contributed by atoms with van der Waals surface area (Å²) in [4.78, 5) is 41.7. The Balaban J connectivity index is 1.74. The Morgan fingerprint density at radius 3 is 2.65 bits per heavy atom. The van der Waals surface area contributed by atoms with Crippen LogP contribution in [0.15, 0.2) is 47.3 Å². The number of para-hydroxylation sites is 1. The van der Waals surface area contributed by atoms with E-state index in [4.69, 9.17) is 0 Å². The van der Waals surface area contributed by atoms with Crippen LogP contribution in [-0.2, 0) is 4.79 Å². The summed E-state index contributed by atoms with van der Waals surface area (Å²) in [5, 5.41) is 2.73. The normalized spacial score (nSPS) is 10.4. The smallest absolute Gasteiger partial charge is 0.269 e. The van der Waals surface area contributed by atoms with Gasteiger partial charge in [-0.3, -0.25) is 30.2 Å². The minimum atomic E-state index is -0.745. The number of halogens is 1. The van der Waals surface area contributed by atoms with Crippen LogP contribution in [-0.4, -0.2) is 21.8 Å². The lowest BCUT2D eigenvalue weighted by Gasteiger charge is -2.09. The summed E-state index contributed by atoms with van der Waals surface area (Å²) in [5.74, 6) is -1.77. The second-order valence-electron chi connectivity index (χ2n) is 5.39. The van der Waals surface area contributed by atoms with Gasteiger partial charge >= 0.3 is 0 Å². The molecule has 0 spiro atoms. The number of amides is 2. The van der Waals surface area contributed by atoms with Crippen LogP contribution in [0.25, 0.3) is 10.9 Å². The molecule has 0 radical (unpaired) electrons. The lowest BCUT2D eigenvalue weighted by atomic mass is 10.2. The number of aromatic amines is 1. The predicted molar refractivity (Wildman–Crippen MR) is 94.2 cm³/mol. The fourth-order valence-corrected chi connectivity index (χ4v) is 2.28. The number of nitrogens with one attached hydrogen (secondary N) is 4. The fourth-order valence-electron chi connectivity index (χ4n) is 2.28. The first-order valence-corrected chi connectivity index (χ1v) is 7.56. The first kappa shape index (κ1) is 17.1. The van der Waals surface area contributed by atoms with Crippen molar-refractivity contribution in [2.75, 3.05) is 10.7 Å². The molecular formula is C17H14FN5O3. The number of H-pyrrole nitrogens is 1. The van der Waals surface area contributed by atoms with Crippen molar-refractivity contribution in [3.8, 4) is 0 Å². The Kier molecular flexibility index (Phi) is 4.61. The first-order chi connectivity index (χ1) is 12.4. The molecular weight excluding hydrogens is 341 g/mol. The van der Waals surface area contributed by atoms with Crippen molar-refractivity contribution < 1.29 is 14.0 Å². The molecule has 0 fully saturated rings. The van der Waals surface area contributed by atoms with Gasteiger partial charge in [-0.25, -0.2) is 9.37 Å². The number of carbonyl (C=O) groups is 2. The molecule has 9 heteroatoms. The van der Waals surface area contributed by atoms with Crippen molar-refractivity contribution in [1.82, 2.24) is 15.4 Å². The Morgan fingerprint density at radius 2 is 1.92 bits per heavy atom. The molecule has 0 atom stereocenters. The average molecular weight is 355 g/mol. The second kappa shape index (κ2) is 7.01.